The number of quaternary nitrogens is 1. The number of fused-ring (bicyclic) bond motifs is 2. The van der Waals surface area contributed by atoms with E-state index in [0.29, 0.717) is 25.2 Å². The molecule has 0 radical (unpaired) electrons. The number of aromatic nitrogens is 2. The van der Waals surface area contributed by atoms with Gasteiger partial charge in [-0.1, -0.05) is 0 Å². The van der Waals surface area contributed by atoms with E-state index in [0.717, 1.165) is 67.3 Å². The molecular weight excluding hydrogens is 420 g/mol. The third kappa shape index (κ3) is 3.84. The Morgan fingerprint density at radius 3 is 2.76 bits per heavy atom. The smallest absolute Gasteiger partial charge is 0.231 e. The van der Waals surface area contributed by atoms with E-state index < -0.39 is 0 Å². The zero-order valence-corrected chi connectivity index (χ0v) is 18.7. The predicted molar refractivity (Wildman–Crippen MR) is 120 cm³/mol. The predicted octanol–water partition coefficient (Wildman–Crippen LogP) is 1.92. The third-order valence-electron chi connectivity index (χ3n) is 6.89. The summed E-state index contributed by atoms with van der Waals surface area (Å²) in [5, 5.41) is 0. The van der Waals surface area contributed by atoms with Gasteiger partial charge in [0, 0.05) is 24.3 Å². The molecule has 1 aliphatic carbocycles. The van der Waals surface area contributed by atoms with E-state index >= 15 is 0 Å². The van der Waals surface area contributed by atoms with Gasteiger partial charge in [-0.15, -0.1) is 0 Å². The quantitative estimate of drug-likeness (QED) is 0.654. The fraction of sp³-hybridized carbons (Fsp3) is 0.400. The summed E-state index contributed by atoms with van der Waals surface area (Å²) in [6.45, 7) is 6.95. The van der Waals surface area contributed by atoms with Crippen LogP contribution in [0.2, 0.25) is 0 Å². The van der Waals surface area contributed by atoms with Gasteiger partial charge >= 0.3 is 0 Å². The summed E-state index contributed by atoms with van der Waals surface area (Å²) < 4.78 is 16.5. The lowest BCUT2D eigenvalue weighted by Gasteiger charge is -2.33. The third-order valence-corrected chi connectivity index (χ3v) is 6.89. The Morgan fingerprint density at radius 2 is 1.94 bits per heavy atom. The maximum Gasteiger partial charge on any atom is 0.231 e. The van der Waals surface area contributed by atoms with Gasteiger partial charge in [0.1, 0.15) is 12.3 Å². The molecule has 1 saturated heterocycles. The molecule has 8 heteroatoms. The first-order valence-electron chi connectivity index (χ1n) is 11.5. The lowest BCUT2D eigenvalue weighted by atomic mass is 9.84. The Labute approximate surface area is 192 Å². The monoisotopic (exact) mass is 447 g/mol. The molecule has 0 amide bonds. The van der Waals surface area contributed by atoms with Crippen molar-refractivity contribution in [1.29, 1.82) is 0 Å². The number of furan rings is 1. The van der Waals surface area contributed by atoms with Crippen molar-refractivity contribution in [3.05, 3.63) is 64.9 Å². The minimum absolute atomic E-state index is 0.0464. The van der Waals surface area contributed by atoms with Gasteiger partial charge in [-0.3, -0.25) is 4.79 Å². The highest BCUT2D eigenvalue weighted by Gasteiger charge is 2.32. The molecule has 170 valence electrons. The Kier molecular flexibility index (Phi) is 5.02. The minimum atomic E-state index is 0.0464. The van der Waals surface area contributed by atoms with Crippen molar-refractivity contribution in [2.45, 2.75) is 32.2 Å². The van der Waals surface area contributed by atoms with Gasteiger partial charge in [-0.05, 0) is 37.3 Å². The van der Waals surface area contributed by atoms with Crippen molar-refractivity contribution in [2.24, 2.45) is 0 Å². The van der Waals surface area contributed by atoms with Gasteiger partial charge < -0.3 is 23.7 Å². The zero-order chi connectivity index (χ0) is 22.4. The van der Waals surface area contributed by atoms with Crippen LogP contribution in [-0.2, 0) is 13.0 Å². The molecular formula is C25H27N4O4+. The molecule has 1 atom stereocenters. The molecule has 0 unspecified atom stereocenters. The summed E-state index contributed by atoms with van der Waals surface area (Å²) in [6.07, 6.45) is 2.82. The Bertz CT molecular complexity index is 1190. The topological polar surface area (TPSA) is 82.1 Å². The van der Waals surface area contributed by atoms with E-state index in [9.17, 15) is 4.79 Å². The number of benzene rings is 1. The second kappa shape index (κ2) is 8.19. The molecule has 6 rings (SSSR count). The molecule has 4 heterocycles. The van der Waals surface area contributed by atoms with Crippen LogP contribution in [-0.4, -0.2) is 48.7 Å². The van der Waals surface area contributed by atoms with Crippen LogP contribution in [0, 0.1) is 6.92 Å². The second-order valence-electron chi connectivity index (χ2n) is 9.08. The average molecular weight is 448 g/mol. The molecule has 2 aliphatic heterocycles. The fourth-order valence-electron chi connectivity index (χ4n) is 5.16. The minimum Gasteiger partial charge on any atom is -0.469 e. The molecule has 33 heavy (non-hydrogen) atoms. The number of aryl methyl sites for hydroxylation is 1. The van der Waals surface area contributed by atoms with Crippen molar-refractivity contribution < 1.29 is 23.6 Å². The number of ether oxygens (including phenoxy) is 2. The highest BCUT2D eigenvalue weighted by Crippen LogP contribution is 2.34. The van der Waals surface area contributed by atoms with Crippen molar-refractivity contribution in [2.75, 3.05) is 37.9 Å². The van der Waals surface area contributed by atoms with Crippen LogP contribution in [0.15, 0.2) is 41.0 Å². The summed E-state index contributed by atoms with van der Waals surface area (Å²) in [5.41, 5.74) is 3.60. The number of nitrogens with zero attached hydrogens (tertiary/aromatic N) is 3. The normalized spacial score (nSPS) is 20.2. The van der Waals surface area contributed by atoms with Gasteiger partial charge in [0.25, 0.3) is 0 Å². The first-order chi connectivity index (χ1) is 16.1. The van der Waals surface area contributed by atoms with E-state index in [1.807, 2.05) is 25.1 Å². The average Bonchev–Trinajstić information content (AvgIpc) is 3.51. The molecule has 1 aromatic carbocycles. The number of ketones is 1. The van der Waals surface area contributed by atoms with Crippen LogP contribution in [0.5, 0.6) is 11.5 Å². The number of rotatable bonds is 4. The van der Waals surface area contributed by atoms with Gasteiger partial charge in [0.2, 0.25) is 12.7 Å². The molecule has 0 bridgehead atoms. The van der Waals surface area contributed by atoms with Crippen molar-refractivity contribution in [3.63, 3.8) is 0 Å². The van der Waals surface area contributed by atoms with Crippen LogP contribution < -0.4 is 19.3 Å². The number of nitrogens with one attached hydrogen (secondary N) is 1. The number of piperazine rings is 1. The Hall–Kier alpha value is -3.39. The number of hydrogen-bond donors (Lipinski definition) is 1. The number of carbonyl (C=O) groups excluding carboxylic acids is 1. The highest BCUT2D eigenvalue weighted by atomic mass is 16.7. The van der Waals surface area contributed by atoms with Crippen molar-refractivity contribution in [3.8, 4) is 11.5 Å². The van der Waals surface area contributed by atoms with Gasteiger partial charge in [-0.25, -0.2) is 9.97 Å². The van der Waals surface area contributed by atoms with Crippen LogP contribution in [0.3, 0.4) is 0 Å². The molecule has 1 fully saturated rings. The standard InChI is InChI=1S/C25H26N4O4/c1-16-24-19(12-18(13-20(24)30)21-3-2-10-31-21)27-25(26-16)29-8-6-28(7-9-29)14-17-4-5-22-23(11-17)33-15-32-22/h2-5,10-11,18H,6-9,12-15H2,1H3/p+1/t18-/m0/s1. The maximum atomic E-state index is 12.8. The molecule has 3 aromatic rings. The van der Waals surface area contributed by atoms with Crippen LogP contribution in [0.25, 0.3) is 0 Å². The molecule has 8 nitrogen and oxygen atoms in total. The number of carbonyl (C=O) groups is 1. The number of hydrogen-bond acceptors (Lipinski definition) is 7. The molecule has 2 aromatic heterocycles. The second-order valence-corrected chi connectivity index (χ2v) is 9.08. The van der Waals surface area contributed by atoms with Crippen molar-refractivity contribution in [1.82, 2.24) is 9.97 Å². The summed E-state index contributed by atoms with van der Waals surface area (Å²) in [7, 11) is 0. The maximum absolute atomic E-state index is 12.8. The first-order valence-corrected chi connectivity index (χ1v) is 11.5. The molecule has 1 N–H and O–H groups in total. The van der Waals surface area contributed by atoms with Crippen LogP contribution >= 0.6 is 0 Å². The van der Waals surface area contributed by atoms with E-state index in [1.165, 1.54) is 10.5 Å². The van der Waals surface area contributed by atoms with Gasteiger partial charge in [-0.2, -0.15) is 0 Å². The Morgan fingerprint density at radius 1 is 1.09 bits per heavy atom. The molecule has 3 aliphatic rings. The first kappa shape index (κ1) is 20.2. The summed E-state index contributed by atoms with van der Waals surface area (Å²) in [4.78, 5) is 26.2. The van der Waals surface area contributed by atoms with E-state index in [1.54, 1.807) is 6.26 Å². The SMILES string of the molecule is Cc1nc(N2CC[NH+](Cc3ccc4c(c3)OCO4)CC2)nc2c1C(=O)C[C@@H](c1ccco1)C2. The van der Waals surface area contributed by atoms with Crippen LogP contribution in [0.4, 0.5) is 5.95 Å². The van der Waals surface area contributed by atoms with E-state index in [2.05, 4.69) is 17.0 Å². The lowest BCUT2D eigenvalue weighted by Crippen LogP contribution is -3.13. The highest BCUT2D eigenvalue weighted by molar-refractivity contribution is 5.99. The summed E-state index contributed by atoms with van der Waals surface area (Å²) in [6, 6.07) is 10.0. The zero-order valence-electron chi connectivity index (χ0n) is 18.7. The molecule has 0 saturated carbocycles. The summed E-state index contributed by atoms with van der Waals surface area (Å²) >= 11 is 0. The fourth-order valence-corrected chi connectivity index (χ4v) is 5.16. The molecule has 0 spiro atoms. The lowest BCUT2D eigenvalue weighted by molar-refractivity contribution is -0.914. The van der Waals surface area contributed by atoms with Crippen LogP contribution in [0.1, 0.15) is 45.4 Å². The Balaban J connectivity index is 1.15. The van der Waals surface area contributed by atoms with E-state index in [4.69, 9.17) is 23.9 Å². The summed E-state index contributed by atoms with van der Waals surface area (Å²) in [5.74, 6) is 3.41. The number of anilines is 1. The van der Waals surface area contributed by atoms with E-state index in [-0.39, 0.29) is 11.7 Å². The van der Waals surface area contributed by atoms with Gasteiger partial charge in [0.05, 0.1) is 49.4 Å². The van der Waals surface area contributed by atoms with Crippen molar-refractivity contribution >= 4 is 11.7 Å². The number of Topliss-reactive ketones (excluding diaryl/α,β-unsaturated/α-hetero) is 1. The largest absolute Gasteiger partial charge is 0.469 e. The van der Waals surface area contributed by atoms with Gasteiger partial charge in [0.15, 0.2) is 17.3 Å².